The second kappa shape index (κ2) is 5.58. The summed E-state index contributed by atoms with van der Waals surface area (Å²) in [5.41, 5.74) is 2.34. The van der Waals surface area contributed by atoms with Crippen molar-refractivity contribution in [2.75, 3.05) is 0 Å². The summed E-state index contributed by atoms with van der Waals surface area (Å²) in [7, 11) is 0. The van der Waals surface area contributed by atoms with Gasteiger partial charge in [-0.05, 0) is 49.1 Å². The molecule has 102 valence electrons. The van der Waals surface area contributed by atoms with Crippen LogP contribution < -0.4 is 0 Å². The highest BCUT2D eigenvalue weighted by Gasteiger charge is 2.19. The van der Waals surface area contributed by atoms with Gasteiger partial charge in [0, 0.05) is 18.1 Å². The first kappa shape index (κ1) is 13.1. The van der Waals surface area contributed by atoms with Crippen molar-refractivity contribution in [3.63, 3.8) is 0 Å². The molecular formula is C14H13N3O2S. The van der Waals surface area contributed by atoms with Crippen molar-refractivity contribution in [3.05, 3.63) is 41.5 Å². The van der Waals surface area contributed by atoms with Gasteiger partial charge in [-0.15, -0.1) is 0 Å². The lowest BCUT2D eigenvalue weighted by Crippen LogP contribution is -2.10. The van der Waals surface area contributed by atoms with Gasteiger partial charge in [0.2, 0.25) is 0 Å². The van der Waals surface area contributed by atoms with Crippen molar-refractivity contribution < 1.29 is 9.90 Å². The Balaban J connectivity index is 2.02. The first-order valence-electron chi connectivity index (χ1n) is 6.44. The maximum atomic E-state index is 11.4. The molecule has 0 spiro atoms. The Morgan fingerprint density at radius 1 is 1.25 bits per heavy atom. The van der Waals surface area contributed by atoms with E-state index in [4.69, 9.17) is 0 Å². The Hall–Kier alpha value is -1.95. The predicted octanol–water partition coefficient (Wildman–Crippen LogP) is 2.60. The molecule has 5 nitrogen and oxygen atoms in total. The molecule has 2 heterocycles. The molecule has 0 saturated heterocycles. The number of fused-ring (bicyclic) bond motifs is 1. The molecule has 2 aromatic heterocycles. The topological polar surface area (TPSA) is 76.0 Å². The molecule has 0 aliphatic heterocycles. The van der Waals surface area contributed by atoms with Gasteiger partial charge in [0.25, 0.3) is 0 Å². The summed E-state index contributed by atoms with van der Waals surface area (Å²) in [6.45, 7) is 0. The summed E-state index contributed by atoms with van der Waals surface area (Å²) in [5.74, 6) is -0.947. The minimum Gasteiger partial charge on any atom is -0.478 e. The van der Waals surface area contributed by atoms with Gasteiger partial charge >= 0.3 is 5.97 Å². The van der Waals surface area contributed by atoms with Crippen LogP contribution in [-0.4, -0.2) is 26.0 Å². The third-order valence-electron chi connectivity index (χ3n) is 3.24. The van der Waals surface area contributed by atoms with Crippen LogP contribution in [0.3, 0.4) is 0 Å². The van der Waals surface area contributed by atoms with E-state index in [0.717, 1.165) is 36.9 Å². The molecule has 2 aromatic rings. The highest BCUT2D eigenvalue weighted by molar-refractivity contribution is 7.99. The third kappa shape index (κ3) is 2.65. The van der Waals surface area contributed by atoms with Crippen LogP contribution in [0.25, 0.3) is 0 Å². The number of rotatable bonds is 3. The molecule has 0 saturated carbocycles. The number of carboxylic acid groups (broad SMARTS) is 1. The summed E-state index contributed by atoms with van der Waals surface area (Å²) < 4.78 is 0. The summed E-state index contributed by atoms with van der Waals surface area (Å²) >= 11 is 1.25. The number of pyridine rings is 1. The van der Waals surface area contributed by atoms with Gasteiger partial charge in [-0.25, -0.2) is 14.8 Å². The normalized spacial score (nSPS) is 13.8. The van der Waals surface area contributed by atoms with E-state index >= 15 is 0 Å². The smallest absolute Gasteiger partial charge is 0.338 e. The SMILES string of the molecule is O=C(O)c1cc2c(nc1Sc1cnccn1)CCCC2. The Morgan fingerprint density at radius 3 is 2.85 bits per heavy atom. The standard InChI is InChI=1S/C14H13N3O2S/c18-14(19)10-7-9-3-1-2-4-11(9)17-13(10)20-12-8-15-5-6-16-12/h5-8H,1-4H2,(H,18,19). The van der Waals surface area contributed by atoms with Crippen molar-refractivity contribution in [2.45, 2.75) is 35.7 Å². The molecule has 1 aliphatic rings. The van der Waals surface area contributed by atoms with Gasteiger partial charge in [0.15, 0.2) is 0 Å². The molecule has 0 bridgehead atoms. The van der Waals surface area contributed by atoms with Gasteiger partial charge in [-0.1, -0.05) is 0 Å². The van der Waals surface area contributed by atoms with E-state index in [-0.39, 0.29) is 5.56 Å². The second-order valence-corrected chi connectivity index (χ2v) is 5.61. The van der Waals surface area contributed by atoms with Gasteiger partial charge in [0.1, 0.15) is 10.1 Å². The Morgan fingerprint density at radius 2 is 2.10 bits per heavy atom. The zero-order valence-electron chi connectivity index (χ0n) is 10.7. The molecule has 0 amide bonds. The molecule has 0 unspecified atom stereocenters. The lowest BCUT2D eigenvalue weighted by atomic mass is 9.95. The highest BCUT2D eigenvalue weighted by atomic mass is 32.2. The van der Waals surface area contributed by atoms with E-state index in [1.54, 1.807) is 24.7 Å². The lowest BCUT2D eigenvalue weighted by Gasteiger charge is -2.17. The van der Waals surface area contributed by atoms with Crippen LogP contribution in [0.4, 0.5) is 0 Å². The molecule has 1 N–H and O–H groups in total. The summed E-state index contributed by atoms with van der Waals surface area (Å²) in [4.78, 5) is 24.1. The van der Waals surface area contributed by atoms with Crippen LogP contribution >= 0.6 is 11.8 Å². The molecule has 20 heavy (non-hydrogen) atoms. The number of aromatic nitrogens is 3. The van der Waals surface area contributed by atoms with Crippen LogP contribution in [-0.2, 0) is 12.8 Å². The predicted molar refractivity (Wildman–Crippen MR) is 74.0 cm³/mol. The fourth-order valence-corrected chi connectivity index (χ4v) is 3.12. The van der Waals surface area contributed by atoms with Crippen LogP contribution in [0.2, 0.25) is 0 Å². The molecule has 0 radical (unpaired) electrons. The van der Waals surface area contributed by atoms with E-state index < -0.39 is 5.97 Å². The van der Waals surface area contributed by atoms with E-state index in [9.17, 15) is 9.90 Å². The Bertz CT molecular complexity index is 646. The van der Waals surface area contributed by atoms with Gasteiger partial charge in [0.05, 0.1) is 11.8 Å². The first-order valence-corrected chi connectivity index (χ1v) is 7.25. The van der Waals surface area contributed by atoms with E-state index in [1.807, 2.05) is 0 Å². The maximum Gasteiger partial charge on any atom is 0.338 e. The lowest BCUT2D eigenvalue weighted by molar-refractivity contribution is 0.0692. The summed E-state index contributed by atoms with van der Waals surface area (Å²) in [6, 6.07) is 1.77. The summed E-state index contributed by atoms with van der Waals surface area (Å²) in [5, 5.41) is 10.5. The molecule has 1 aliphatic carbocycles. The Kier molecular flexibility index (Phi) is 3.64. The molecule has 3 rings (SSSR count). The number of hydrogen-bond acceptors (Lipinski definition) is 5. The van der Waals surface area contributed by atoms with Crippen LogP contribution in [0.15, 0.2) is 34.7 Å². The van der Waals surface area contributed by atoms with Crippen LogP contribution in [0, 0.1) is 0 Å². The van der Waals surface area contributed by atoms with Crippen molar-refractivity contribution in [1.82, 2.24) is 15.0 Å². The van der Waals surface area contributed by atoms with Crippen molar-refractivity contribution in [1.29, 1.82) is 0 Å². The fraction of sp³-hybridized carbons (Fsp3) is 0.286. The molecule has 0 aromatic carbocycles. The van der Waals surface area contributed by atoms with E-state index in [1.165, 1.54) is 11.8 Å². The number of carbonyl (C=O) groups is 1. The average Bonchev–Trinajstić information content (AvgIpc) is 2.47. The van der Waals surface area contributed by atoms with Gasteiger partial charge in [-0.2, -0.15) is 0 Å². The van der Waals surface area contributed by atoms with Gasteiger partial charge < -0.3 is 5.11 Å². The van der Waals surface area contributed by atoms with E-state index in [0.29, 0.717) is 10.1 Å². The summed E-state index contributed by atoms with van der Waals surface area (Å²) in [6.07, 6.45) is 8.83. The maximum absolute atomic E-state index is 11.4. The zero-order valence-corrected chi connectivity index (χ0v) is 11.6. The average molecular weight is 287 g/mol. The molecule has 0 fully saturated rings. The van der Waals surface area contributed by atoms with Crippen molar-refractivity contribution in [2.24, 2.45) is 0 Å². The number of aromatic carboxylic acids is 1. The Labute approximate surface area is 120 Å². The molecule has 6 heteroatoms. The zero-order chi connectivity index (χ0) is 13.9. The second-order valence-electron chi connectivity index (χ2n) is 4.60. The van der Waals surface area contributed by atoms with Crippen molar-refractivity contribution >= 4 is 17.7 Å². The fourth-order valence-electron chi connectivity index (χ4n) is 2.28. The quantitative estimate of drug-likeness (QED) is 0.935. The van der Waals surface area contributed by atoms with Crippen molar-refractivity contribution in [3.8, 4) is 0 Å². The number of hydrogen-bond donors (Lipinski definition) is 1. The van der Waals surface area contributed by atoms with E-state index in [2.05, 4.69) is 15.0 Å². The minimum atomic E-state index is -0.947. The third-order valence-corrected chi connectivity index (χ3v) is 4.16. The van der Waals surface area contributed by atoms with Crippen LogP contribution in [0.5, 0.6) is 0 Å². The largest absolute Gasteiger partial charge is 0.478 e. The monoisotopic (exact) mass is 287 g/mol. The minimum absolute atomic E-state index is 0.251. The van der Waals surface area contributed by atoms with Gasteiger partial charge in [-0.3, -0.25) is 4.98 Å². The highest BCUT2D eigenvalue weighted by Crippen LogP contribution is 2.30. The number of nitrogens with zero attached hydrogens (tertiary/aromatic N) is 3. The molecule has 0 atom stereocenters. The number of aryl methyl sites for hydroxylation is 2. The van der Waals surface area contributed by atoms with Crippen LogP contribution in [0.1, 0.15) is 34.5 Å². The molecular weight excluding hydrogens is 274 g/mol. The number of carboxylic acids is 1. The first-order chi connectivity index (χ1) is 9.74.